The summed E-state index contributed by atoms with van der Waals surface area (Å²) in [6, 6.07) is 4.10. The average Bonchev–Trinajstić information content (AvgIpc) is 3.07. The van der Waals surface area contributed by atoms with Crippen LogP contribution in [0.15, 0.2) is 18.2 Å². The van der Waals surface area contributed by atoms with Crippen molar-refractivity contribution in [1.29, 1.82) is 0 Å². The molecule has 1 N–H and O–H groups in total. The fourth-order valence-electron chi connectivity index (χ4n) is 2.39. The number of carbonyl (C=O) groups is 1. The molecule has 0 aliphatic heterocycles. The van der Waals surface area contributed by atoms with Crippen molar-refractivity contribution in [2.24, 2.45) is 0 Å². The molecule has 0 unspecified atom stereocenters. The van der Waals surface area contributed by atoms with Crippen LogP contribution in [0.3, 0.4) is 0 Å². The molecule has 1 heterocycles. The highest BCUT2D eigenvalue weighted by Crippen LogP contribution is 2.31. The Kier molecular flexibility index (Phi) is 3.76. The number of amides is 1. The first kappa shape index (κ1) is 14.5. The zero-order valence-corrected chi connectivity index (χ0v) is 12.6. The number of carbonyl (C=O) groups excluding carboxylic acids is 1. The summed E-state index contributed by atoms with van der Waals surface area (Å²) in [5, 5.41) is 14.2. The standard InChI is InChI=1S/C14H13N3O4S/c1-21-11-6-5-8(7-10(11)17(19)20)13(18)16-14-15-9-3-2-4-12(9)22-14/h5-7H,2-4H2,1H3,(H,15,16,18). The van der Waals surface area contributed by atoms with Gasteiger partial charge in [0, 0.05) is 16.5 Å². The van der Waals surface area contributed by atoms with Gasteiger partial charge in [0.1, 0.15) is 0 Å². The Morgan fingerprint density at radius 1 is 1.45 bits per heavy atom. The topological polar surface area (TPSA) is 94.4 Å². The number of aryl methyl sites for hydroxylation is 2. The Hall–Kier alpha value is -2.48. The molecule has 114 valence electrons. The number of ether oxygens (including phenoxy) is 1. The van der Waals surface area contributed by atoms with Crippen LogP contribution in [-0.2, 0) is 12.8 Å². The van der Waals surface area contributed by atoms with E-state index in [2.05, 4.69) is 10.3 Å². The summed E-state index contributed by atoms with van der Waals surface area (Å²) in [6.45, 7) is 0. The minimum atomic E-state index is -0.576. The van der Waals surface area contributed by atoms with E-state index in [1.54, 1.807) is 0 Å². The molecule has 1 aliphatic rings. The Morgan fingerprint density at radius 2 is 2.27 bits per heavy atom. The maximum absolute atomic E-state index is 12.2. The molecule has 7 nitrogen and oxygen atoms in total. The summed E-state index contributed by atoms with van der Waals surface area (Å²) in [4.78, 5) is 28.2. The van der Waals surface area contributed by atoms with Gasteiger partial charge in [-0.3, -0.25) is 20.2 Å². The summed E-state index contributed by atoms with van der Waals surface area (Å²) in [6.07, 6.45) is 3.04. The molecule has 2 aromatic rings. The molecular weight excluding hydrogens is 306 g/mol. The third-order valence-electron chi connectivity index (χ3n) is 3.45. The number of nitro benzene ring substituents is 1. The van der Waals surface area contributed by atoms with Gasteiger partial charge in [-0.1, -0.05) is 0 Å². The molecule has 0 saturated heterocycles. The quantitative estimate of drug-likeness (QED) is 0.690. The van der Waals surface area contributed by atoms with Crippen molar-refractivity contribution in [3.05, 3.63) is 44.4 Å². The molecule has 0 atom stereocenters. The third-order valence-corrected chi connectivity index (χ3v) is 4.53. The smallest absolute Gasteiger partial charge is 0.311 e. The van der Waals surface area contributed by atoms with Crippen LogP contribution in [0.5, 0.6) is 5.75 Å². The van der Waals surface area contributed by atoms with E-state index in [0.717, 1.165) is 25.0 Å². The lowest BCUT2D eigenvalue weighted by Gasteiger charge is -2.05. The number of fused-ring (bicyclic) bond motifs is 1. The number of benzene rings is 1. The molecular formula is C14H13N3O4S. The Labute approximate surface area is 130 Å². The lowest BCUT2D eigenvalue weighted by molar-refractivity contribution is -0.385. The summed E-state index contributed by atoms with van der Waals surface area (Å²) < 4.78 is 4.92. The minimum absolute atomic E-state index is 0.120. The first-order valence-electron chi connectivity index (χ1n) is 6.71. The summed E-state index contributed by atoms with van der Waals surface area (Å²) >= 11 is 1.46. The van der Waals surface area contributed by atoms with Crippen LogP contribution in [0.1, 0.15) is 27.3 Å². The van der Waals surface area contributed by atoms with Gasteiger partial charge >= 0.3 is 5.69 Å². The second-order valence-corrected chi connectivity index (χ2v) is 5.92. The second kappa shape index (κ2) is 5.72. The van der Waals surface area contributed by atoms with Gasteiger partial charge in [0.15, 0.2) is 10.9 Å². The first-order chi connectivity index (χ1) is 10.6. The Balaban J connectivity index is 1.82. The van der Waals surface area contributed by atoms with Crippen LogP contribution in [0.4, 0.5) is 10.8 Å². The molecule has 8 heteroatoms. The fraction of sp³-hybridized carbons (Fsp3) is 0.286. The van der Waals surface area contributed by atoms with Crippen molar-refractivity contribution in [3.8, 4) is 5.75 Å². The van der Waals surface area contributed by atoms with Gasteiger partial charge < -0.3 is 4.74 Å². The van der Waals surface area contributed by atoms with E-state index in [1.165, 1.54) is 41.5 Å². The average molecular weight is 319 g/mol. The Morgan fingerprint density at radius 3 is 2.95 bits per heavy atom. The molecule has 1 amide bonds. The second-order valence-electron chi connectivity index (χ2n) is 4.84. The SMILES string of the molecule is COc1ccc(C(=O)Nc2nc3c(s2)CCC3)cc1[N+](=O)[O-]. The molecule has 1 aromatic heterocycles. The highest BCUT2D eigenvalue weighted by molar-refractivity contribution is 7.15. The monoisotopic (exact) mass is 319 g/mol. The number of hydrogen-bond acceptors (Lipinski definition) is 6. The number of nitrogens with zero attached hydrogens (tertiary/aromatic N) is 2. The summed E-state index contributed by atoms with van der Waals surface area (Å²) in [5.41, 5.74) is 1.00. The normalized spacial score (nSPS) is 12.8. The molecule has 0 fully saturated rings. The fourth-order valence-corrected chi connectivity index (χ4v) is 3.43. The van der Waals surface area contributed by atoms with E-state index < -0.39 is 10.8 Å². The minimum Gasteiger partial charge on any atom is -0.490 e. The number of thiazole rings is 1. The predicted octanol–water partition coefficient (Wildman–Crippen LogP) is 2.80. The number of methoxy groups -OCH3 is 1. The zero-order chi connectivity index (χ0) is 15.7. The van der Waals surface area contributed by atoms with Gasteiger partial charge in [-0.25, -0.2) is 4.98 Å². The number of nitro groups is 1. The van der Waals surface area contributed by atoms with Gasteiger partial charge in [0.25, 0.3) is 5.91 Å². The molecule has 3 rings (SSSR count). The summed E-state index contributed by atoms with van der Waals surface area (Å²) in [7, 11) is 1.35. The van der Waals surface area contributed by atoms with Crippen molar-refractivity contribution in [2.45, 2.75) is 19.3 Å². The maximum Gasteiger partial charge on any atom is 0.311 e. The van der Waals surface area contributed by atoms with Crippen molar-refractivity contribution in [2.75, 3.05) is 12.4 Å². The van der Waals surface area contributed by atoms with Gasteiger partial charge in [-0.05, 0) is 31.4 Å². The van der Waals surface area contributed by atoms with Crippen LogP contribution < -0.4 is 10.1 Å². The molecule has 0 saturated carbocycles. The molecule has 0 spiro atoms. The van der Waals surface area contributed by atoms with E-state index in [1.807, 2.05) is 0 Å². The van der Waals surface area contributed by atoms with E-state index in [-0.39, 0.29) is 17.0 Å². The summed E-state index contributed by atoms with van der Waals surface area (Å²) in [5.74, 6) is -0.298. The van der Waals surface area contributed by atoms with Crippen LogP contribution in [0, 0.1) is 10.1 Å². The Bertz CT molecular complexity index is 735. The molecule has 1 aliphatic carbocycles. The number of hydrogen-bond donors (Lipinski definition) is 1. The van der Waals surface area contributed by atoms with E-state index in [9.17, 15) is 14.9 Å². The van der Waals surface area contributed by atoms with Crippen LogP contribution >= 0.6 is 11.3 Å². The molecule has 0 radical (unpaired) electrons. The molecule has 22 heavy (non-hydrogen) atoms. The van der Waals surface area contributed by atoms with Gasteiger partial charge in [-0.15, -0.1) is 11.3 Å². The van der Waals surface area contributed by atoms with E-state index >= 15 is 0 Å². The first-order valence-corrected chi connectivity index (χ1v) is 7.52. The lowest BCUT2D eigenvalue weighted by atomic mass is 10.2. The third kappa shape index (κ3) is 2.64. The number of rotatable bonds is 4. The highest BCUT2D eigenvalue weighted by atomic mass is 32.1. The highest BCUT2D eigenvalue weighted by Gasteiger charge is 2.21. The molecule has 1 aromatic carbocycles. The zero-order valence-electron chi connectivity index (χ0n) is 11.8. The van der Waals surface area contributed by atoms with Crippen molar-refractivity contribution >= 4 is 28.1 Å². The maximum atomic E-state index is 12.2. The van der Waals surface area contributed by atoms with Gasteiger partial charge in [0.2, 0.25) is 0 Å². The van der Waals surface area contributed by atoms with Crippen LogP contribution in [0.25, 0.3) is 0 Å². The number of anilines is 1. The predicted molar refractivity (Wildman–Crippen MR) is 81.7 cm³/mol. The van der Waals surface area contributed by atoms with Gasteiger partial charge in [0.05, 0.1) is 17.7 Å². The van der Waals surface area contributed by atoms with Crippen molar-refractivity contribution in [3.63, 3.8) is 0 Å². The van der Waals surface area contributed by atoms with E-state index in [0.29, 0.717) is 5.13 Å². The van der Waals surface area contributed by atoms with Crippen LogP contribution in [0.2, 0.25) is 0 Å². The van der Waals surface area contributed by atoms with Gasteiger partial charge in [-0.2, -0.15) is 0 Å². The number of aromatic nitrogens is 1. The van der Waals surface area contributed by atoms with Crippen LogP contribution in [-0.4, -0.2) is 22.9 Å². The number of nitrogens with one attached hydrogen (secondary N) is 1. The van der Waals surface area contributed by atoms with Crippen molar-refractivity contribution < 1.29 is 14.5 Å². The molecule has 0 bridgehead atoms. The lowest BCUT2D eigenvalue weighted by Crippen LogP contribution is -2.12. The van der Waals surface area contributed by atoms with E-state index in [4.69, 9.17) is 4.74 Å². The van der Waals surface area contributed by atoms with Crippen molar-refractivity contribution in [1.82, 2.24) is 4.98 Å². The largest absolute Gasteiger partial charge is 0.490 e.